The Bertz CT molecular complexity index is 1210. The van der Waals surface area contributed by atoms with Crippen LogP contribution in [0.3, 0.4) is 0 Å². The Hall–Kier alpha value is -3.56. The first-order valence-electron chi connectivity index (χ1n) is 9.47. The second kappa shape index (κ2) is 8.85. The average Bonchev–Trinajstić information content (AvgIpc) is 3.22. The van der Waals surface area contributed by atoms with Gasteiger partial charge in [-0.3, -0.25) is 4.57 Å². The van der Waals surface area contributed by atoms with E-state index in [1.165, 1.54) is 0 Å². The highest BCUT2D eigenvalue weighted by Gasteiger charge is 2.17. The number of aryl methyl sites for hydroxylation is 1. The Kier molecular flexibility index (Phi) is 5.82. The average molecular weight is 413 g/mol. The minimum atomic E-state index is 0.658. The summed E-state index contributed by atoms with van der Waals surface area (Å²) in [5.41, 5.74) is 4.87. The summed E-state index contributed by atoms with van der Waals surface area (Å²) < 4.78 is 7.38. The monoisotopic (exact) mass is 412 g/mol. The highest BCUT2D eigenvalue weighted by Crippen LogP contribution is 2.31. The van der Waals surface area contributed by atoms with Crippen molar-refractivity contribution in [2.75, 3.05) is 7.11 Å². The normalized spacial score (nSPS) is 10.6. The van der Waals surface area contributed by atoms with Crippen molar-refractivity contribution >= 4 is 11.8 Å². The summed E-state index contributed by atoms with van der Waals surface area (Å²) in [7, 11) is 1.66. The van der Waals surface area contributed by atoms with Crippen LogP contribution in [0.15, 0.2) is 78.0 Å². The predicted molar refractivity (Wildman–Crippen MR) is 119 cm³/mol. The van der Waals surface area contributed by atoms with Gasteiger partial charge >= 0.3 is 0 Å². The molecule has 5 nitrogen and oxygen atoms in total. The highest BCUT2D eigenvalue weighted by atomic mass is 32.2. The summed E-state index contributed by atoms with van der Waals surface area (Å²) in [5.74, 6) is 2.29. The maximum Gasteiger partial charge on any atom is 0.196 e. The maximum absolute atomic E-state index is 9.14. The van der Waals surface area contributed by atoms with Gasteiger partial charge in [-0.1, -0.05) is 48.2 Å². The fraction of sp³-hybridized carbons (Fsp3) is 0.125. The van der Waals surface area contributed by atoms with Crippen molar-refractivity contribution in [3.05, 3.63) is 89.5 Å². The lowest BCUT2D eigenvalue weighted by Crippen LogP contribution is -2.01. The van der Waals surface area contributed by atoms with Gasteiger partial charge in [0.1, 0.15) is 5.75 Å². The molecule has 6 heteroatoms. The smallest absolute Gasteiger partial charge is 0.196 e. The molecular weight excluding hydrogens is 392 g/mol. The highest BCUT2D eigenvalue weighted by molar-refractivity contribution is 7.98. The van der Waals surface area contributed by atoms with Gasteiger partial charge in [0.15, 0.2) is 11.0 Å². The van der Waals surface area contributed by atoms with Gasteiger partial charge in [0.05, 0.1) is 18.7 Å². The van der Waals surface area contributed by atoms with E-state index < -0.39 is 0 Å². The molecule has 0 saturated heterocycles. The van der Waals surface area contributed by atoms with Crippen LogP contribution >= 0.6 is 11.8 Å². The van der Waals surface area contributed by atoms with Crippen LogP contribution in [0.2, 0.25) is 0 Å². The molecule has 0 fully saturated rings. The first-order chi connectivity index (χ1) is 14.7. The van der Waals surface area contributed by atoms with Crippen LogP contribution in [-0.4, -0.2) is 21.9 Å². The van der Waals surface area contributed by atoms with Gasteiger partial charge in [-0.25, -0.2) is 0 Å². The molecule has 0 bridgehead atoms. The Balaban J connectivity index is 1.74. The summed E-state index contributed by atoms with van der Waals surface area (Å²) in [5, 5.41) is 18.9. The fourth-order valence-electron chi connectivity index (χ4n) is 3.20. The molecule has 0 spiro atoms. The van der Waals surface area contributed by atoms with Gasteiger partial charge in [0.2, 0.25) is 0 Å². The number of nitriles is 1. The van der Waals surface area contributed by atoms with E-state index in [0.717, 1.165) is 39.1 Å². The predicted octanol–water partition coefficient (Wildman–Crippen LogP) is 5.42. The van der Waals surface area contributed by atoms with Crippen molar-refractivity contribution in [1.82, 2.24) is 14.8 Å². The zero-order valence-electron chi connectivity index (χ0n) is 16.7. The van der Waals surface area contributed by atoms with E-state index in [1.54, 1.807) is 18.9 Å². The molecule has 30 heavy (non-hydrogen) atoms. The van der Waals surface area contributed by atoms with Crippen LogP contribution < -0.4 is 4.74 Å². The minimum Gasteiger partial charge on any atom is -0.497 e. The van der Waals surface area contributed by atoms with Crippen molar-refractivity contribution in [3.8, 4) is 28.9 Å². The molecule has 4 rings (SSSR count). The Morgan fingerprint density at radius 3 is 2.53 bits per heavy atom. The lowest BCUT2D eigenvalue weighted by atomic mass is 10.1. The Labute approximate surface area is 180 Å². The number of hydrogen-bond acceptors (Lipinski definition) is 5. The van der Waals surface area contributed by atoms with Crippen LogP contribution in [0.5, 0.6) is 5.75 Å². The van der Waals surface area contributed by atoms with Crippen LogP contribution in [-0.2, 0) is 5.75 Å². The van der Waals surface area contributed by atoms with Gasteiger partial charge < -0.3 is 4.74 Å². The van der Waals surface area contributed by atoms with Crippen LogP contribution in [0.1, 0.15) is 16.7 Å². The molecule has 0 saturated carbocycles. The van der Waals surface area contributed by atoms with Crippen molar-refractivity contribution in [2.45, 2.75) is 17.8 Å². The van der Waals surface area contributed by atoms with E-state index >= 15 is 0 Å². The quantitative estimate of drug-likeness (QED) is 0.396. The Morgan fingerprint density at radius 2 is 1.80 bits per heavy atom. The lowest BCUT2D eigenvalue weighted by Gasteiger charge is -2.12. The van der Waals surface area contributed by atoms with E-state index in [4.69, 9.17) is 10.00 Å². The second-order valence-corrected chi connectivity index (χ2v) is 7.70. The van der Waals surface area contributed by atoms with Crippen molar-refractivity contribution in [3.63, 3.8) is 0 Å². The zero-order valence-corrected chi connectivity index (χ0v) is 17.6. The molecule has 0 atom stereocenters. The molecule has 1 heterocycles. The maximum atomic E-state index is 9.14. The Morgan fingerprint density at radius 1 is 1.00 bits per heavy atom. The second-order valence-electron chi connectivity index (χ2n) is 6.76. The minimum absolute atomic E-state index is 0.658. The molecule has 0 N–H and O–H groups in total. The van der Waals surface area contributed by atoms with Gasteiger partial charge in [-0.2, -0.15) is 5.26 Å². The van der Waals surface area contributed by atoms with Gasteiger partial charge in [0.25, 0.3) is 0 Å². The molecule has 1 aromatic heterocycles. The molecule has 148 valence electrons. The van der Waals surface area contributed by atoms with Gasteiger partial charge in [-0.15, -0.1) is 10.2 Å². The number of rotatable bonds is 6. The van der Waals surface area contributed by atoms with Crippen LogP contribution in [0, 0.1) is 18.3 Å². The van der Waals surface area contributed by atoms with Crippen LogP contribution in [0.4, 0.5) is 0 Å². The molecule has 0 aliphatic heterocycles. The molecule has 0 unspecified atom stereocenters. The molecule has 3 aromatic carbocycles. The number of ether oxygens (including phenoxy) is 1. The number of benzene rings is 3. The standard InChI is InChI=1S/C24H20N4OS/c1-17-6-3-4-9-22(17)23-26-27-24(28(23)20-10-12-21(29-2)13-11-20)30-16-19-8-5-7-18(14-19)15-25/h3-14H,16H2,1-2H3. The number of hydrogen-bond donors (Lipinski definition) is 0. The number of methoxy groups -OCH3 is 1. The summed E-state index contributed by atoms with van der Waals surface area (Å²) in [6, 6.07) is 25.9. The fourth-order valence-corrected chi connectivity index (χ4v) is 4.10. The van der Waals surface area contributed by atoms with Crippen molar-refractivity contribution in [1.29, 1.82) is 5.26 Å². The molecule has 0 radical (unpaired) electrons. The molecular formula is C24H20N4OS. The third-order valence-electron chi connectivity index (χ3n) is 4.77. The first-order valence-corrected chi connectivity index (χ1v) is 10.5. The van der Waals surface area contributed by atoms with Crippen molar-refractivity contribution in [2.24, 2.45) is 0 Å². The number of aromatic nitrogens is 3. The van der Waals surface area contributed by atoms with E-state index in [2.05, 4.69) is 39.9 Å². The van der Waals surface area contributed by atoms with E-state index in [1.807, 2.05) is 60.7 Å². The summed E-state index contributed by atoms with van der Waals surface area (Å²) in [4.78, 5) is 0. The summed E-state index contributed by atoms with van der Waals surface area (Å²) in [6.07, 6.45) is 0. The largest absolute Gasteiger partial charge is 0.497 e. The lowest BCUT2D eigenvalue weighted by molar-refractivity contribution is 0.414. The van der Waals surface area contributed by atoms with E-state index in [9.17, 15) is 0 Å². The molecule has 0 aliphatic carbocycles. The van der Waals surface area contributed by atoms with E-state index in [-0.39, 0.29) is 0 Å². The van der Waals surface area contributed by atoms with Gasteiger partial charge in [-0.05, 0) is 54.4 Å². The SMILES string of the molecule is COc1ccc(-n2c(SCc3cccc(C#N)c3)nnc2-c2ccccc2C)cc1. The summed E-state index contributed by atoms with van der Waals surface area (Å²) in [6.45, 7) is 2.07. The summed E-state index contributed by atoms with van der Waals surface area (Å²) >= 11 is 1.59. The first kappa shape index (κ1) is 19.7. The molecule has 4 aromatic rings. The van der Waals surface area contributed by atoms with Crippen molar-refractivity contribution < 1.29 is 4.74 Å². The van der Waals surface area contributed by atoms with Gasteiger partial charge in [0, 0.05) is 17.0 Å². The third kappa shape index (κ3) is 4.07. The van der Waals surface area contributed by atoms with E-state index in [0.29, 0.717) is 11.3 Å². The van der Waals surface area contributed by atoms with Crippen LogP contribution in [0.25, 0.3) is 17.1 Å². The third-order valence-corrected chi connectivity index (χ3v) is 5.77. The molecule has 0 aliphatic rings. The topological polar surface area (TPSA) is 63.7 Å². The number of thioether (sulfide) groups is 1. The number of nitrogens with zero attached hydrogens (tertiary/aromatic N) is 4. The zero-order chi connectivity index (χ0) is 20.9. The molecule has 0 amide bonds.